The Morgan fingerprint density at radius 3 is 2.81 bits per heavy atom. The van der Waals surface area contributed by atoms with E-state index in [9.17, 15) is 9.59 Å². The molecule has 6 nitrogen and oxygen atoms in total. The van der Waals surface area contributed by atoms with Gasteiger partial charge in [0.2, 0.25) is 11.9 Å². The van der Waals surface area contributed by atoms with Crippen molar-refractivity contribution in [2.24, 2.45) is 0 Å². The molecular weight excluding hydrogens is 268 g/mol. The molecule has 110 valence electrons. The van der Waals surface area contributed by atoms with Crippen LogP contribution in [0.4, 0.5) is 5.95 Å². The third kappa shape index (κ3) is 3.04. The highest BCUT2D eigenvalue weighted by atomic mass is 16.2. The molecule has 0 spiro atoms. The summed E-state index contributed by atoms with van der Waals surface area (Å²) in [7, 11) is 0. The molecule has 0 aliphatic carbocycles. The topological polar surface area (TPSA) is 78.1 Å². The van der Waals surface area contributed by atoms with Crippen molar-refractivity contribution in [3.8, 4) is 0 Å². The Hall–Kier alpha value is -2.37. The van der Waals surface area contributed by atoms with Crippen LogP contribution >= 0.6 is 0 Å². The lowest BCUT2D eigenvalue weighted by Gasteiger charge is -2.26. The van der Waals surface area contributed by atoms with Gasteiger partial charge in [-0.1, -0.05) is 12.1 Å². The van der Waals surface area contributed by atoms with Crippen LogP contribution in [0, 0.1) is 0 Å². The summed E-state index contributed by atoms with van der Waals surface area (Å²) >= 11 is 0. The minimum atomic E-state index is -0.200. The summed E-state index contributed by atoms with van der Waals surface area (Å²) in [5.41, 5.74) is 0.419. The first-order chi connectivity index (χ1) is 10.2. The second-order valence-electron chi connectivity index (χ2n) is 5.23. The molecule has 2 N–H and O–H groups in total. The van der Waals surface area contributed by atoms with E-state index in [1.807, 2.05) is 11.0 Å². The number of para-hydroxylation sites is 1. The zero-order valence-corrected chi connectivity index (χ0v) is 11.8. The van der Waals surface area contributed by atoms with Crippen molar-refractivity contribution in [1.82, 2.24) is 14.9 Å². The minimum Gasteiger partial charge on any atom is -0.347 e. The molecule has 2 aromatic rings. The van der Waals surface area contributed by atoms with Crippen LogP contribution in [0.25, 0.3) is 10.9 Å². The van der Waals surface area contributed by atoms with Gasteiger partial charge < -0.3 is 10.2 Å². The Morgan fingerprint density at radius 2 is 2.00 bits per heavy atom. The number of carbonyl (C=O) groups excluding carboxylic acids is 1. The number of piperidine rings is 1. The normalized spacial score (nSPS) is 15.1. The number of nitrogens with zero attached hydrogens (tertiary/aromatic N) is 2. The summed E-state index contributed by atoms with van der Waals surface area (Å²) in [4.78, 5) is 32.8. The molecule has 0 radical (unpaired) electrons. The van der Waals surface area contributed by atoms with Crippen molar-refractivity contribution in [3.05, 3.63) is 34.6 Å². The Balaban J connectivity index is 1.70. The van der Waals surface area contributed by atoms with Crippen molar-refractivity contribution >= 4 is 22.8 Å². The van der Waals surface area contributed by atoms with Gasteiger partial charge in [0.15, 0.2) is 0 Å². The number of benzene rings is 1. The number of aromatic nitrogens is 2. The second kappa shape index (κ2) is 5.95. The van der Waals surface area contributed by atoms with Crippen molar-refractivity contribution in [3.63, 3.8) is 0 Å². The van der Waals surface area contributed by atoms with Gasteiger partial charge in [0.25, 0.3) is 5.56 Å². The summed E-state index contributed by atoms with van der Waals surface area (Å²) < 4.78 is 0. The molecular formula is C15H18N4O2. The van der Waals surface area contributed by atoms with Crippen molar-refractivity contribution in [2.45, 2.75) is 19.3 Å². The van der Waals surface area contributed by atoms with E-state index in [1.165, 1.54) is 6.42 Å². The maximum absolute atomic E-state index is 12.1. The van der Waals surface area contributed by atoms with Crippen LogP contribution in [-0.4, -0.2) is 40.4 Å². The largest absolute Gasteiger partial charge is 0.347 e. The number of likely N-dealkylation sites (tertiary alicyclic amines) is 1. The highest BCUT2D eigenvalue weighted by molar-refractivity contribution is 5.81. The zero-order valence-electron chi connectivity index (χ0n) is 11.8. The van der Waals surface area contributed by atoms with E-state index in [-0.39, 0.29) is 18.0 Å². The molecule has 0 atom stereocenters. The predicted octanol–water partition coefficient (Wildman–Crippen LogP) is 1.35. The fourth-order valence-electron chi connectivity index (χ4n) is 2.58. The predicted molar refractivity (Wildman–Crippen MR) is 81.3 cm³/mol. The molecule has 3 rings (SSSR count). The molecule has 1 saturated heterocycles. The van der Waals surface area contributed by atoms with Gasteiger partial charge in [0, 0.05) is 13.1 Å². The third-order valence-corrected chi connectivity index (χ3v) is 3.73. The van der Waals surface area contributed by atoms with E-state index >= 15 is 0 Å². The number of carbonyl (C=O) groups is 1. The number of H-pyrrole nitrogens is 1. The third-order valence-electron chi connectivity index (χ3n) is 3.73. The van der Waals surface area contributed by atoms with Crippen LogP contribution in [0.1, 0.15) is 19.3 Å². The molecule has 2 heterocycles. The quantitative estimate of drug-likeness (QED) is 0.892. The standard InChI is InChI=1S/C15H18N4O2/c20-13(19-8-4-1-5-9-19)10-16-15-17-12-7-3-2-6-11(12)14(21)18-15/h2-3,6-7H,1,4-5,8-10H2,(H2,16,17,18,21). The van der Waals surface area contributed by atoms with Crippen LogP contribution in [0.15, 0.2) is 29.1 Å². The van der Waals surface area contributed by atoms with E-state index in [0.717, 1.165) is 25.9 Å². The van der Waals surface area contributed by atoms with Crippen LogP contribution in [0.2, 0.25) is 0 Å². The van der Waals surface area contributed by atoms with Crippen molar-refractivity contribution < 1.29 is 4.79 Å². The zero-order chi connectivity index (χ0) is 14.7. The maximum atomic E-state index is 12.1. The highest BCUT2D eigenvalue weighted by Crippen LogP contribution is 2.10. The van der Waals surface area contributed by atoms with Gasteiger partial charge in [-0.25, -0.2) is 4.98 Å². The first-order valence-corrected chi connectivity index (χ1v) is 7.25. The van der Waals surface area contributed by atoms with Gasteiger partial charge >= 0.3 is 0 Å². The smallest absolute Gasteiger partial charge is 0.260 e. The molecule has 1 aliphatic rings. The molecule has 0 unspecified atom stereocenters. The van der Waals surface area contributed by atoms with E-state index < -0.39 is 0 Å². The molecule has 1 aliphatic heterocycles. The van der Waals surface area contributed by atoms with Gasteiger partial charge in [0.05, 0.1) is 17.4 Å². The van der Waals surface area contributed by atoms with Crippen LogP contribution in [0.5, 0.6) is 0 Å². The summed E-state index contributed by atoms with van der Waals surface area (Å²) in [5.74, 6) is 0.384. The van der Waals surface area contributed by atoms with Gasteiger partial charge in [-0.2, -0.15) is 0 Å². The van der Waals surface area contributed by atoms with Gasteiger partial charge in [-0.05, 0) is 31.4 Å². The number of hydrogen-bond acceptors (Lipinski definition) is 4. The summed E-state index contributed by atoms with van der Waals surface area (Å²) in [6, 6.07) is 7.13. The number of nitrogens with one attached hydrogen (secondary N) is 2. The maximum Gasteiger partial charge on any atom is 0.260 e. The minimum absolute atomic E-state index is 0.0468. The molecule has 21 heavy (non-hydrogen) atoms. The van der Waals surface area contributed by atoms with E-state index in [4.69, 9.17) is 0 Å². The molecule has 1 aromatic carbocycles. The Labute approximate surface area is 122 Å². The number of rotatable bonds is 3. The van der Waals surface area contributed by atoms with Crippen LogP contribution < -0.4 is 10.9 Å². The lowest BCUT2D eigenvalue weighted by molar-refractivity contribution is -0.130. The van der Waals surface area contributed by atoms with E-state index in [1.54, 1.807) is 18.2 Å². The number of hydrogen-bond donors (Lipinski definition) is 2. The van der Waals surface area contributed by atoms with Gasteiger partial charge in [-0.15, -0.1) is 0 Å². The van der Waals surface area contributed by atoms with Crippen molar-refractivity contribution in [1.29, 1.82) is 0 Å². The number of fused-ring (bicyclic) bond motifs is 1. The van der Waals surface area contributed by atoms with Gasteiger partial charge in [-0.3, -0.25) is 14.6 Å². The monoisotopic (exact) mass is 286 g/mol. The fourth-order valence-corrected chi connectivity index (χ4v) is 2.58. The molecule has 0 bridgehead atoms. The van der Waals surface area contributed by atoms with Crippen molar-refractivity contribution in [2.75, 3.05) is 25.0 Å². The molecule has 1 fully saturated rings. The van der Waals surface area contributed by atoms with E-state index in [0.29, 0.717) is 16.9 Å². The molecule has 6 heteroatoms. The summed E-state index contributed by atoms with van der Waals surface area (Å²) in [6.07, 6.45) is 3.32. The summed E-state index contributed by atoms with van der Waals surface area (Å²) in [6.45, 7) is 1.80. The molecule has 1 amide bonds. The van der Waals surface area contributed by atoms with Gasteiger partial charge in [0.1, 0.15) is 0 Å². The highest BCUT2D eigenvalue weighted by Gasteiger charge is 2.16. The number of anilines is 1. The first kappa shape index (κ1) is 13.6. The first-order valence-electron chi connectivity index (χ1n) is 7.25. The second-order valence-corrected chi connectivity index (χ2v) is 5.23. The molecule has 1 aromatic heterocycles. The Bertz CT molecular complexity index is 704. The Morgan fingerprint density at radius 1 is 1.24 bits per heavy atom. The average molecular weight is 286 g/mol. The summed E-state index contributed by atoms with van der Waals surface area (Å²) in [5, 5.41) is 3.46. The SMILES string of the molecule is O=C(CNc1nc2ccccc2c(=O)[nH]1)N1CCCCC1. The lowest BCUT2D eigenvalue weighted by atomic mass is 10.1. The van der Waals surface area contributed by atoms with Crippen LogP contribution in [-0.2, 0) is 4.79 Å². The Kier molecular flexibility index (Phi) is 3.85. The number of amides is 1. The van der Waals surface area contributed by atoms with E-state index in [2.05, 4.69) is 15.3 Å². The fraction of sp³-hybridized carbons (Fsp3) is 0.400. The number of aromatic amines is 1. The lowest BCUT2D eigenvalue weighted by Crippen LogP contribution is -2.39. The average Bonchev–Trinajstić information content (AvgIpc) is 2.53. The molecule has 0 saturated carbocycles. The van der Waals surface area contributed by atoms with Crippen LogP contribution in [0.3, 0.4) is 0 Å².